The Morgan fingerprint density at radius 1 is 1.19 bits per heavy atom. The van der Waals surface area contributed by atoms with Crippen LogP contribution in [0.15, 0.2) is 42.9 Å². The number of pyridine rings is 1. The number of fused-ring (bicyclic) bond motifs is 2. The van der Waals surface area contributed by atoms with Crippen LogP contribution >= 0.6 is 0 Å². The fourth-order valence-corrected chi connectivity index (χ4v) is 3.73. The number of amides is 1. The van der Waals surface area contributed by atoms with E-state index in [2.05, 4.69) is 30.4 Å². The van der Waals surface area contributed by atoms with E-state index in [0.717, 1.165) is 18.1 Å². The van der Waals surface area contributed by atoms with Gasteiger partial charge in [-0.15, -0.1) is 0 Å². The first-order valence-corrected chi connectivity index (χ1v) is 10.5. The molecular formula is C22H17F4N9O. The molecule has 0 spiro atoms. The summed E-state index contributed by atoms with van der Waals surface area (Å²) in [5.74, 6) is -1.52. The number of carbonyl (C=O) groups is 1. The minimum Gasteiger partial charge on any atom is -0.382 e. The molecule has 4 heterocycles. The number of H-pyrrole nitrogens is 1. The average Bonchev–Trinajstić information content (AvgIpc) is 3.40. The zero-order valence-electron chi connectivity index (χ0n) is 18.5. The Kier molecular flexibility index (Phi) is 5.42. The zero-order valence-corrected chi connectivity index (χ0v) is 18.5. The molecule has 1 aromatic carbocycles. The van der Waals surface area contributed by atoms with Gasteiger partial charge in [-0.1, -0.05) is 6.07 Å². The van der Waals surface area contributed by atoms with E-state index in [-0.39, 0.29) is 39.7 Å². The third kappa shape index (κ3) is 4.35. The Morgan fingerprint density at radius 3 is 2.75 bits per heavy atom. The highest BCUT2D eigenvalue weighted by atomic mass is 19.4. The number of nitrogen functional groups attached to an aromatic ring is 1. The summed E-state index contributed by atoms with van der Waals surface area (Å²) in [6.45, 7) is 0.286. The number of carbonyl (C=O) groups excluding carboxylic acids is 1. The molecule has 5 rings (SSSR count). The number of anilines is 3. The highest BCUT2D eigenvalue weighted by Crippen LogP contribution is 2.34. The number of alkyl halides is 3. The van der Waals surface area contributed by atoms with Crippen LogP contribution in [0, 0.1) is 12.7 Å². The van der Waals surface area contributed by atoms with Crippen molar-refractivity contribution < 1.29 is 22.4 Å². The van der Waals surface area contributed by atoms with Crippen LogP contribution in [0.5, 0.6) is 0 Å². The fraction of sp³-hybridized carbons (Fsp3) is 0.136. The molecule has 0 bridgehead atoms. The van der Waals surface area contributed by atoms with Crippen molar-refractivity contribution in [3.05, 3.63) is 59.9 Å². The van der Waals surface area contributed by atoms with Crippen LogP contribution in [0.4, 0.5) is 35.0 Å². The average molecular weight is 499 g/mol. The summed E-state index contributed by atoms with van der Waals surface area (Å²) in [6.07, 6.45) is -2.28. The molecule has 0 saturated heterocycles. The highest BCUT2D eigenvalue weighted by Gasteiger charge is 2.29. The number of nitrogens with zero attached hydrogens (tertiary/aromatic N) is 5. The number of aromatic amines is 1. The van der Waals surface area contributed by atoms with E-state index >= 15 is 4.39 Å². The molecule has 14 heteroatoms. The number of imidazole rings is 1. The SMILES string of the molecule is Cc1ccc2nc(Nc3ccc(-c4c(C(=O)NCC(F)(F)F)cn5ncnc(N)c45)cc3F)[nH]c2n1. The molecule has 36 heavy (non-hydrogen) atoms. The summed E-state index contributed by atoms with van der Waals surface area (Å²) in [5.41, 5.74) is 8.16. The molecule has 0 fully saturated rings. The molecule has 0 radical (unpaired) electrons. The van der Waals surface area contributed by atoms with Crippen LogP contribution in [-0.2, 0) is 0 Å². The summed E-state index contributed by atoms with van der Waals surface area (Å²) in [7, 11) is 0. The van der Waals surface area contributed by atoms with Gasteiger partial charge in [0.25, 0.3) is 5.91 Å². The smallest absolute Gasteiger partial charge is 0.382 e. The molecule has 5 N–H and O–H groups in total. The van der Waals surface area contributed by atoms with Crippen LogP contribution in [0.3, 0.4) is 0 Å². The van der Waals surface area contributed by atoms with E-state index in [1.807, 2.05) is 12.2 Å². The first-order valence-electron chi connectivity index (χ1n) is 10.5. The van der Waals surface area contributed by atoms with Crippen molar-refractivity contribution in [2.75, 3.05) is 17.6 Å². The second-order valence-electron chi connectivity index (χ2n) is 7.88. The number of hydrogen-bond donors (Lipinski definition) is 4. The molecule has 0 aliphatic carbocycles. The van der Waals surface area contributed by atoms with Crippen molar-refractivity contribution >= 4 is 40.0 Å². The number of aromatic nitrogens is 6. The molecule has 5 aromatic rings. The van der Waals surface area contributed by atoms with Gasteiger partial charge in [-0.2, -0.15) is 18.3 Å². The molecule has 0 atom stereocenters. The van der Waals surface area contributed by atoms with Crippen LogP contribution in [-0.4, -0.2) is 48.2 Å². The maximum atomic E-state index is 15.1. The first kappa shape index (κ1) is 23.0. The summed E-state index contributed by atoms with van der Waals surface area (Å²) < 4.78 is 54.3. The van der Waals surface area contributed by atoms with Crippen molar-refractivity contribution in [1.82, 2.24) is 34.9 Å². The van der Waals surface area contributed by atoms with Crippen LogP contribution in [0.1, 0.15) is 16.1 Å². The van der Waals surface area contributed by atoms with E-state index in [9.17, 15) is 18.0 Å². The van der Waals surface area contributed by atoms with Gasteiger partial charge in [0.2, 0.25) is 5.95 Å². The predicted molar refractivity (Wildman–Crippen MR) is 123 cm³/mol. The lowest BCUT2D eigenvalue weighted by Crippen LogP contribution is -2.33. The summed E-state index contributed by atoms with van der Waals surface area (Å²) in [5, 5.41) is 8.61. The summed E-state index contributed by atoms with van der Waals surface area (Å²) >= 11 is 0. The van der Waals surface area contributed by atoms with Crippen molar-refractivity contribution in [3.63, 3.8) is 0 Å². The number of benzene rings is 1. The van der Waals surface area contributed by atoms with Gasteiger partial charge >= 0.3 is 6.18 Å². The van der Waals surface area contributed by atoms with Gasteiger partial charge in [0.1, 0.15) is 29.7 Å². The number of aryl methyl sites for hydroxylation is 1. The second-order valence-corrected chi connectivity index (χ2v) is 7.88. The second kappa shape index (κ2) is 8.48. The van der Waals surface area contributed by atoms with Crippen molar-refractivity contribution in [2.45, 2.75) is 13.1 Å². The zero-order chi connectivity index (χ0) is 25.6. The Hall–Kier alpha value is -4.75. The molecule has 0 saturated carbocycles. The van der Waals surface area contributed by atoms with E-state index in [0.29, 0.717) is 11.2 Å². The largest absolute Gasteiger partial charge is 0.405 e. The number of rotatable bonds is 5. The van der Waals surface area contributed by atoms with Crippen molar-refractivity contribution in [1.29, 1.82) is 0 Å². The van der Waals surface area contributed by atoms with Crippen LogP contribution in [0.25, 0.3) is 27.8 Å². The van der Waals surface area contributed by atoms with Gasteiger partial charge in [-0.05, 0) is 36.8 Å². The van der Waals surface area contributed by atoms with Gasteiger partial charge in [0.15, 0.2) is 11.5 Å². The van der Waals surface area contributed by atoms with Gasteiger partial charge in [-0.25, -0.2) is 23.9 Å². The van der Waals surface area contributed by atoms with Crippen molar-refractivity contribution in [2.24, 2.45) is 0 Å². The monoisotopic (exact) mass is 499 g/mol. The van der Waals surface area contributed by atoms with Crippen molar-refractivity contribution in [3.8, 4) is 11.1 Å². The van der Waals surface area contributed by atoms with Gasteiger partial charge in [-0.3, -0.25) is 4.79 Å². The van der Waals surface area contributed by atoms with E-state index in [1.165, 1.54) is 22.8 Å². The molecule has 4 aromatic heterocycles. The highest BCUT2D eigenvalue weighted by molar-refractivity contribution is 6.07. The van der Waals surface area contributed by atoms with E-state index in [1.54, 1.807) is 12.1 Å². The van der Waals surface area contributed by atoms with E-state index < -0.39 is 24.4 Å². The Balaban J connectivity index is 1.53. The maximum Gasteiger partial charge on any atom is 0.405 e. The number of halogens is 4. The standard InChI is InChI=1S/C22H17F4N9O/c1-10-2-4-15-19(31-10)34-21(33-15)32-14-5-3-11(6-13(14)23)16-12(20(36)28-8-22(24,25)26)7-35-17(16)18(27)29-9-30-35/h2-7,9H,8H2,1H3,(H,28,36)(H2,27,29,30)(H2,31,32,33,34). The number of nitrogens with two attached hydrogens (primary N) is 1. The summed E-state index contributed by atoms with van der Waals surface area (Å²) in [6, 6.07) is 7.57. The Labute approximate surface area is 199 Å². The lowest BCUT2D eigenvalue weighted by atomic mass is 10.0. The molecular weight excluding hydrogens is 482 g/mol. The van der Waals surface area contributed by atoms with Gasteiger partial charge in [0.05, 0.1) is 11.3 Å². The Bertz CT molecular complexity index is 1620. The third-order valence-corrected chi connectivity index (χ3v) is 5.29. The normalized spacial score (nSPS) is 11.8. The van der Waals surface area contributed by atoms with Crippen LogP contribution in [0.2, 0.25) is 0 Å². The van der Waals surface area contributed by atoms with Gasteiger partial charge in [0, 0.05) is 17.5 Å². The predicted octanol–water partition coefficient (Wildman–Crippen LogP) is 3.73. The van der Waals surface area contributed by atoms with E-state index in [4.69, 9.17) is 5.73 Å². The fourth-order valence-electron chi connectivity index (χ4n) is 3.73. The minimum absolute atomic E-state index is 0.0393. The summed E-state index contributed by atoms with van der Waals surface area (Å²) in [4.78, 5) is 28.1. The molecule has 0 unspecified atom stereocenters. The Morgan fingerprint density at radius 2 is 2.00 bits per heavy atom. The first-order chi connectivity index (χ1) is 17.1. The number of hydrogen-bond acceptors (Lipinski definition) is 7. The lowest BCUT2D eigenvalue weighted by Gasteiger charge is -2.11. The van der Waals surface area contributed by atoms with Gasteiger partial charge < -0.3 is 21.4 Å². The lowest BCUT2D eigenvalue weighted by molar-refractivity contribution is -0.123. The maximum absolute atomic E-state index is 15.1. The number of nitrogens with one attached hydrogen (secondary N) is 3. The topological polar surface area (TPSA) is 139 Å². The molecule has 0 aliphatic heterocycles. The molecule has 1 amide bonds. The quantitative estimate of drug-likeness (QED) is 0.270. The molecule has 0 aliphatic rings. The molecule has 10 nitrogen and oxygen atoms in total. The molecule has 184 valence electrons. The minimum atomic E-state index is -4.61. The van der Waals surface area contributed by atoms with Crippen LogP contribution < -0.4 is 16.4 Å². The third-order valence-electron chi connectivity index (χ3n) is 5.29.